The maximum Gasteiger partial charge on any atom is 0.134 e. The highest BCUT2D eigenvalue weighted by Gasteiger charge is 2.25. The van der Waals surface area contributed by atoms with E-state index in [2.05, 4.69) is 0 Å². The van der Waals surface area contributed by atoms with Gasteiger partial charge < -0.3 is 0 Å². The van der Waals surface area contributed by atoms with Gasteiger partial charge in [-0.2, -0.15) is 0 Å². The summed E-state index contributed by atoms with van der Waals surface area (Å²) in [6.07, 6.45) is 0. The van der Waals surface area contributed by atoms with Crippen molar-refractivity contribution in [3.8, 4) is 0 Å². The first-order valence-corrected chi connectivity index (χ1v) is 7.98. The summed E-state index contributed by atoms with van der Waals surface area (Å²) >= 11 is 12.6. The third kappa shape index (κ3) is 3.59. The van der Waals surface area contributed by atoms with E-state index in [1.165, 1.54) is 0 Å². The molecule has 0 spiro atoms. The van der Waals surface area contributed by atoms with Crippen LogP contribution in [0.3, 0.4) is 0 Å². The van der Waals surface area contributed by atoms with Crippen molar-refractivity contribution in [2.24, 2.45) is 0 Å². The van der Waals surface area contributed by atoms with Crippen molar-refractivity contribution in [2.45, 2.75) is 21.9 Å². The first-order chi connectivity index (χ1) is 9.09. The predicted octanol–water partition coefficient (Wildman–Crippen LogP) is 4.65. The Labute approximate surface area is 126 Å². The number of alkyl halides is 2. The molecular formula is C15H14Cl2OS. The summed E-state index contributed by atoms with van der Waals surface area (Å²) in [5.74, 6) is 0. The van der Waals surface area contributed by atoms with Gasteiger partial charge in [-0.05, 0) is 24.6 Å². The van der Waals surface area contributed by atoms with Gasteiger partial charge in [-0.25, -0.2) is 0 Å². The number of benzene rings is 2. The number of hydrogen-bond donors (Lipinski definition) is 0. The van der Waals surface area contributed by atoms with E-state index in [0.29, 0.717) is 4.90 Å². The highest BCUT2D eigenvalue weighted by atomic mass is 35.5. The first-order valence-electron chi connectivity index (χ1n) is 5.90. The van der Waals surface area contributed by atoms with E-state index < -0.39 is 20.9 Å². The molecule has 0 bridgehead atoms. The van der Waals surface area contributed by atoms with Gasteiger partial charge in [-0.3, -0.25) is 4.21 Å². The molecule has 0 aliphatic heterocycles. The molecule has 2 aromatic rings. The summed E-state index contributed by atoms with van der Waals surface area (Å²) in [4.78, 5) is 0.701. The van der Waals surface area contributed by atoms with Crippen LogP contribution in [-0.4, -0.2) is 8.92 Å². The summed E-state index contributed by atoms with van der Waals surface area (Å²) in [6, 6.07) is 17.0. The maximum atomic E-state index is 12.4. The number of rotatable bonds is 4. The molecule has 0 saturated heterocycles. The highest BCUT2D eigenvalue weighted by molar-refractivity contribution is 7.87. The van der Waals surface area contributed by atoms with E-state index >= 15 is 0 Å². The first kappa shape index (κ1) is 14.6. The van der Waals surface area contributed by atoms with Gasteiger partial charge >= 0.3 is 0 Å². The van der Waals surface area contributed by atoms with E-state index in [9.17, 15) is 4.21 Å². The molecule has 3 atom stereocenters. The van der Waals surface area contributed by atoms with Crippen LogP contribution in [0, 0.1) is 6.92 Å². The Balaban J connectivity index is 2.17. The largest absolute Gasteiger partial charge is 0.253 e. The van der Waals surface area contributed by atoms with Gasteiger partial charge in [-0.1, -0.05) is 48.0 Å². The lowest BCUT2D eigenvalue weighted by atomic mass is 10.2. The second-order valence-corrected chi connectivity index (χ2v) is 7.05. The van der Waals surface area contributed by atoms with Gasteiger partial charge in [0.05, 0.1) is 16.2 Å². The minimum Gasteiger partial charge on any atom is -0.253 e. The van der Waals surface area contributed by atoms with Crippen molar-refractivity contribution in [2.75, 3.05) is 0 Å². The third-order valence-corrected chi connectivity index (χ3v) is 5.74. The van der Waals surface area contributed by atoms with Crippen LogP contribution in [0.5, 0.6) is 0 Å². The Kier molecular flexibility index (Phi) is 5.03. The molecule has 0 aliphatic carbocycles. The molecule has 19 heavy (non-hydrogen) atoms. The van der Waals surface area contributed by atoms with Gasteiger partial charge in [0.2, 0.25) is 0 Å². The zero-order chi connectivity index (χ0) is 13.8. The van der Waals surface area contributed by atoms with Crippen LogP contribution in [0.2, 0.25) is 0 Å². The quantitative estimate of drug-likeness (QED) is 0.751. The summed E-state index contributed by atoms with van der Waals surface area (Å²) in [5.41, 5.74) is 2.00. The summed E-state index contributed by atoms with van der Waals surface area (Å²) in [7, 11) is -1.33. The molecule has 0 radical (unpaired) electrons. The summed E-state index contributed by atoms with van der Waals surface area (Å²) < 4.78 is 11.7. The third-order valence-electron chi connectivity index (χ3n) is 2.81. The lowest BCUT2D eigenvalue weighted by Gasteiger charge is -2.16. The maximum absolute atomic E-state index is 12.4. The zero-order valence-corrected chi connectivity index (χ0v) is 12.8. The minimum absolute atomic E-state index is 0.481. The van der Waals surface area contributed by atoms with Gasteiger partial charge in [0.15, 0.2) is 0 Å². The molecule has 4 heteroatoms. The lowest BCUT2D eigenvalue weighted by Crippen LogP contribution is -2.14. The van der Waals surface area contributed by atoms with Gasteiger partial charge in [0, 0.05) is 4.90 Å². The van der Waals surface area contributed by atoms with Gasteiger partial charge in [0.25, 0.3) is 0 Å². The van der Waals surface area contributed by atoms with Crippen LogP contribution in [0.25, 0.3) is 0 Å². The fraction of sp³-hybridized carbons (Fsp3) is 0.200. The summed E-state index contributed by atoms with van der Waals surface area (Å²) in [6.45, 7) is 1.99. The topological polar surface area (TPSA) is 17.1 Å². The van der Waals surface area contributed by atoms with E-state index in [1.807, 2.05) is 61.5 Å². The van der Waals surface area contributed by atoms with Crippen molar-refractivity contribution in [1.29, 1.82) is 0 Å². The van der Waals surface area contributed by atoms with Crippen LogP contribution in [0.4, 0.5) is 0 Å². The van der Waals surface area contributed by atoms with E-state index in [-0.39, 0.29) is 0 Å². The Morgan fingerprint density at radius 1 is 0.947 bits per heavy atom. The van der Waals surface area contributed by atoms with E-state index in [1.54, 1.807) is 0 Å². The smallest absolute Gasteiger partial charge is 0.134 e. The SMILES string of the molecule is Cc1ccc(S(=O)C(Cl)C(Cl)c2ccccc2)cc1. The fourth-order valence-corrected chi connectivity index (χ4v) is 3.62. The monoisotopic (exact) mass is 312 g/mol. The summed E-state index contributed by atoms with van der Waals surface area (Å²) in [5, 5.41) is -0.481. The fourth-order valence-electron chi connectivity index (χ4n) is 1.70. The molecule has 2 aromatic carbocycles. The Hall–Kier alpha value is -0.830. The van der Waals surface area contributed by atoms with Crippen molar-refractivity contribution < 1.29 is 4.21 Å². The Morgan fingerprint density at radius 2 is 1.53 bits per heavy atom. The molecule has 2 rings (SSSR count). The van der Waals surface area contributed by atoms with Gasteiger partial charge in [-0.15, -0.1) is 23.2 Å². The minimum atomic E-state index is -1.33. The van der Waals surface area contributed by atoms with Crippen LogP contribution >= 0.6 is 23.2 Å². The molecule has 0 N–H and O–H groups in total. The molecule has 3 unspecified atom stereocenters. The number of aryl methyl sites for hydroxylation is 1. The highest BCUT2D eigenvalue weighted by Crippen LogP contribution is 2.32. The molecule has 0 heterocycles. The second kappa shape index (κ2) is 6.56. The van der Waals surface area contributed by atoms with Crippen molar-refractivity contribution in [3.63, 3.8) is 0 Å². The molecule has 0 aliphatic rings. The standard InChI is InChI=1S/C15H14Cl2OS/c1-11-7-9-13(10-8-11)19(18)15(17)14(16)12-5-3-2-4-6-12/h2-10,14-15H,1H3. The van der Waals surface area contributed by atoms with Crippen LogP contribution in [0.15, 0.2) is 59.5 Å². The van der Waals surface area contributed by atoms with E-state index in [0.717, 1.165) is 11.1 Å². The average Bonchev–Trinajstić information content (AvgIpc) is 2.46. The molecule has 100 valence electrons. The molecule has 0 saturated carbocycles. The van der Waals surface area contributed by atoms with Crippen molar-refractivity contribution in [1.82, 2.24) is 0 Å². The molecule has 0 fully saturated rings. The average molecular weight is 313 g/mol. The second-order valence-electron chi connectivity index (χ2n) is 4.27. The number of halogens is 2. The zero-order valence-electron chi connectivity index (χ0n) is 10.4. The normalized spacial score (nSPS) is 15.7. The van der Waals surface area contributed by atoms with Crippen molar-refractivity contribution in [3.05, 3.63) is 65.7 Å². The Bertz CT molecular complexity index is 554. The molecule has 1 nitrogen and oxygen atoms in total. The van der Waals surface area contributed by atoms with Crippen molar-refractivity contribution >= 4 is 34.0 Å². The molecule has 0 amide bonds. The van der Waals surface area contributed by atoms with E-state index in [4.69, 9.17) is 23.2 Å². The number of hydrogen-bond acceptors (Lipinski definition) is 1. The molecular weight excluding hydrogens is 299 g/mol. The van der Waals surface area contributed by atoms with Crippen LogP contribution in [0.1, 0.15) is 16.5 Å². The lowest BCUT2D eigenvalue weighted by molar-refractivity contribution is 0.679. The van der Waals surface area contributed by atoms with Gasteiger partial charge in [0.1, 0.15) is 4.71 Å². The van der Waals surface area contributed by atoms with Crippen LogP contribution < -0.4 is 0 Å². The van der Waals surface area contributed by atoms with Crippen LogP contribution in [-0.2, 0) is 10.8 Å². The Morgan fingerprint density at radius 3 is 2.11 bits per heavy atom. The molecule has 0 aromatic heterocycles. The predicted molar refractivity (Wildman–Crippen MR) is 82.3 cm³/mol.